The number of ether oxygens (including phenoxy) is 1. The predicted molar refractivity (Wildman–Crippen MR) is 94.8 cm³/mol. The van der Waals surface area contributed by atoms with Crippen molar-refractivity contribution in [3.8, 4) is 0 Å². The monoisotopic (exact) mass is 391 g/mol. The quantitative estimate of drug-likeness (QED) is 0.574. The molecule has 0 bridgehead atoms. The topological polar surface area (TPSA) is 140 Å². The summed E-state index contributed by atoms with van der Waals surface area (Å²) in [5.74, 6) is -1.94. The molecule has 1 unspecified atom stereocenters. The lowest BCUT2D eigenvalue weighted by atomic mass is 10.0. The first-order valence-electron chi connectivity index (χ1n) is 8.48. The molecule has 2 aromatic rings. The second-order valence-corrected chi connectivity index (χ2v) is 6.09. The smallest absolute Gasteiger partial charge is 0.329 e. The Bertz CT molecular complexity index is 797. The van der Waals surface area contributed by atoms with Gasteiger partial charge in [0.1, 0.15) is 11.8 Å². The summed E-state index contributed by atoms with van der Waals surface area (Å²) in [6.07, 6.45) is 2.79. The van der Waals surface area contributed by atoms with E-state index in [4.69, 9.17) is 13.6 Å². The number of rotatable bonds is 8. The summed E-state index contributed by atoms with van der Waals surface area (Å²) in [6.45, 7) is 2.83. The van der Waals surface area contributed by atoms with E-state index in [2.05, 4.69) is 10.6 Å². The first-order valence-corrected chi connectivity index (χ1v) is 8.48. The molecule has 2 aromatic heterocycles. The molecular formula is C18H21N3O7. The van der Waals surface area contributed by atoms with Gasteiger partial charge >= 0.3 is 12.0 Å². The Kier molecular flexibility index (Phi) is 7.37. The van der Waals surface area contributed by atoms with Crippen LogP contribution in [-0.2, 0) is 20.9 Å². The Morgan fingerprint density at radius 1 is 1.07 bits per heavy atom. The highest BCUT2D eigenvalue weighted by atomic mass is 16.5. The van der Waals surface area contributed by atoms with Crippen LogP contribution in [0, 0.1) is 5.92 Å². The minimum Gasteiger partial charge on any atom is -0.467 e. The first kappa shape index (κ1) is 20.7. The molecular weight excluding hydrogens is 370 g/mol. The van der Waals surface area contributed by atoms with Gasteiger partial charge in [0.2, 0.25) is 0 Å². The Morgan fingerprint density at radius 3 is 2.39 bits per heavy atom. The highest BCUT2D eigenvalue weighted by molar-refractivity contribution is 5.97. The van der Waals surface area contributed by atoms with Gasteiger partial charge in [-0.2, -0.15) is 0 Å². The van der Waals surface area contributed by atoms with E-state index in [1.807, 2.05) is 5.32 Å². The Hall–Kier alpha value is -3.56. The van der Waals surface area contributed by atoms with E-state index in [0.717, 1.165) is 0 Å². The molecule has 4 amide bonds. The first-order chi connectivity index (χ1) is 13.4. The summed E-state index contributed by atoms with van der Waals surface area (Å²) in [6, 6.07) is 4.57. The normalized spacial score (nSPS) is 11.5. The lowest BCUT2D eigenvalue weighted by molar-refractivity contribution is -0.151. The van der Waals surface area contributed by atoms with Gasteiger partial charge in [0, 0.05) is 0 Å². The number of esters is 1. The molecule has 0 aliphatic heterocycles. The molecule has 0 radical (unpaired) electrons. The average Bonchev–Trinajstić information content (AvgIpc) is 3.35. The fourth-order valence-electron chi connectivity index (χ4n) is 2.13. The van der Waals surface area contributed by atoms with Crippen LogP contribution >= 0.6 is 0 Å². The molecule has 10 nitrogen and oxygen atoms in total. The summed E-state index contributed by atoms with van der Waals surface area (Å²) in [7, 11) is 0. The van der Waals surface area contributed by atoms with E-state index >= 15 is 0 Å². The molecule has 3 N–H and O–H groups in total. The summed E-state index contributed by atoms with van der Waals surface area (Å²) < 4.78 is 14.9. The molecule has 0 aromatic carbocycles. The molecule has 150 valence electrons. The molecule has 0 fully saturated rings. The SMILES string of the molecule is CC(C)C(NC(=O)c1ccco1)C(=O)OCC(=O)NC(=O)NCc1ccco1. The lowest BCUT2D eigenvalue weighted by Crippen LogP contribution is -2.47. The molecule has 0 saturated heterocycles. The molecule has 0 aliphatic carbocycles. The highest BCUT2D eigenvalue weighted by Crippen LogP contribution is 2.07. The van der Waals surface area contributed by atoms with Crippen LogP contribution in [0.4, 0.5) is 4.79 Å². The van der Waals surface area contributed by atoms with Crippen molar-refractivity contribution in [2.75, 3.05) is 6.61 Å². The molecule has 10 heteroatoms. The summed E-state index contributed by atoms with van der Waals surface area (Å²) in [5.41, 5.74) is 0. The zero-order valence-corrected chi connectivity index (χ0v) is 15.4. The lowest BCUT2D eigenvalue weighted by Gasteiger charge is -2.20. The Balaban J connectivity index is 1.76. The zero-order chi connectivity index (χ0) is 20.5. The van der Waals surface area contributed by atoms with Crippen molar-refractivity contribution in [1.82, 2.24) is 16.0 Å². The minimum absolute atomic E-state index is 0.0458. The van der Waals surface area contributed by atoms with Crippen molar-refractivity contribution < 1.29 is 32.7 Å². The van der Waals surface area contributed by atoms with Gasteiger partial charge in [-0.3, -0.25) is 14.9 Å². The largest absolute Gasteiger partial charge is 0.467 e. The second kappa shape index (κ2) is 9.95. The Morgan fingerprint density at radius 2 is 1.79 bits per heavy atom. The predicted octanol–water partition coefficient (Wildman–Crippen LogP) is 1.20. The number of carbonyl (C=O) groups excluding carboxylic acids is 4. The van der Waals surface area contributed by atoms with Gasteiger partial charge in [-0.1, -0.05) is 13.8 Å². The van der Waals surface area contributed by atoms with Crippen molar-refractivity contribution in [2.45, 2.75) is 26.4 Å². The summed E-state index contributed by atoms with van der Waals surface area (Å²) in [4.78, 5) is 47.6. The van der Waals surface area contributed by atoms with Gasteiger partial charge in [0.15, 0.2) is 12.4 Å². The summed E-state index contributed by atoms with van der Waals surface area (Å²) in [5, 5.41) is 6.92. The van der Waals surface area contributed by atoms with E-state index in [1.165, 1.54) is 18.6 Å². The number of hydrogen-bond acceptors (Lipinski definition) is 7. The fourth-order valence-corrected chi connectivity index (χ4v) is 2.13. The number of furan rings is 2. The molecule has 0 saturated carbocycles. The van der Waals surface area contributed by atoms with Gasteiger partial charge in [0.05, 0.1) is 19.1 Å². The van der Waals surface area contributed by atoms with Crippen molar-refractivity contribution in [1.29, 1.82) is 0 Å². The third-order valence-electron chi connectivity index (χ3n) is 3.55. The number of nitrogens with one attached hydrogen (secondary N) is 3. The molecule has 0 spiro atoms. The van der Waals surface area contributed by atoms with E-state index in [0.29, 0.717) is 5.76 Å². The van der Waals surface area contributed by atoms with Crippen LogP contribution in [-0.4, -0.2) is 36.5 Å². The van der Waals surface area contributed by atoms with Crippen LogP contribution < -0.4 is 16.0 Å². The van der Waals surface area contributed by atoms with Crippen molar-refractivity contribution in [3.63, 3.8) is 0 Å². The van der Waals surface area contributed by atoms with Gasteiger partial charge < -0.3 is 24.2 Å². The fraction of sp³-hybridized carbons (Fsp3) is 0.333. The number of hydrogen-bond donors (Lipinski definition) is 3. The standard InChI is InChI=1S/C18H21N3O7/c1-11(2)15(21-16(23)13-6-4-8-27-13)17(24)28-10-14(22)20-18(25)19-9-12-5-3-7-26-12/h3-8,11,15H,9-10H2,1-2H3,(H,21,23)(H2,19,20,22,25). The van der Waals surface area contributed by atoms with Crippen LogP contribution in [0.25, 0.3) is 0 Å². The van der Waals surface area contributed by atoms with Gasteiger partial charge in [-0.15, -0.1) is 0 Å². The number of carbonyl (C=O) groups is 4. The van der Waals surface area contributed by atoms with Crippen LogP contribution in [0.15, 0.2) is 45.6 Å². The Labute approximate surface area is 160 Å². The highest BCUT2D eigenvalue weighted by Gasteiger charge is 2.27. The number of imide groups is 1. The zero-order valence-electron chi connectivity index (χ0n) is 15.4. The van der Waals surface area contributed by atoms with Crippen LogP contribution in [0.1, 0.15) is 30.2 Å². The maximum absolute atomic E-state index is 12.2. The van der Waals surface area contributed by atoms with E-state index < -0.39 is 36.5 Å². The average molecular weight is 391 g/mol. The van der Waals surface area contributed by atoms with E-state index in [1.54, 1.807) is 32.0 Å². The third kappa shape index (κ3) is 6.31. The van der Waals surface area contributed by atoms with Gasteiger partial charge in [-0.05, 0) is 30.2 Å². The summed E-state index contributed by atoms with van der Waals surface area (Å²) >= 11 is 0. The number of amides is 4. The molecule has 2 rings (SSSR count). The van der Waals surface area contributed by atoms with Crippen molar-refractivity contribution >= 4 is 23.8 Å². The molecule has 1 atom stereocenters. The van der Waals surface area contributed by atoms with Gasteiger partial charge in [-0.25, -0.2) is 9.59 Å². The van der Waals surface area contributed by atoms with Crippen LogP contribution in [0.3, 0.4) is 0 Å². The van der Waals surface area contributed by atoms with E-state index in [9.17, 15) is 19.2 Å². The number of urea groups is 1. The maximum Gasteiger partial charge on any atom is 0.329 e. The third-order valence-corrected chi connectivity index (χ3v) is 3.55. The molecule has 2 heterocycles. The van der Waals surface area contributed by atoms with Gasteiger partial charge in [0.25, 0.3) is 11.8 Å². The second-order valence-electron chi connectivity index (χ2n) is 6.09. The molecule has 0 aliphatic rings. The van der Waals surface area contributed by atoms with E-state index in [-0.39, 0.29) is 18.2 Å². The molecule has 28 heavy (non-hydrogen) atoms. The van der Waals surface area contributed by atoms with Crippen LogP contribution in [0.2, 0.25) is 0 Å². The maximum atomic E-state index is 12.2. The van der Waals surface area contributed by atoms with Crippen LogP contribution in [0.5, 0.6) is 0 Å². The van der Waals surface area contributed by atoms with Crippen molar-refractivity contribution in [2.24, 2.45) is 5.92 Å². The van der Waals surface area contributed by atoms with Crippen molar-refractivity contribution in [3.05, 3.63) is 48.3 Å². The minimum atomic E-state index is -0.988.